The summed E-state index contributed by atoms with van der Waals surface area (Å²) in [6.45, 7) is 1.41. The highest BCUT2D eigenvalue weighted by atomic mass is 16.3. The van der Waals surface area contributed by atoms with E-state index >= 15 is 0 Å². The maximum Gasteiger partial charge on any atom is 0.289 e. The number of furan rings is 1. The summed E-state index contributed by atoms with van der Waals surface area (Å²) in [6, 6.07) is 5.46. The van der Waals surface area contributed by atoms with Crippen LogP contribution in [0.4, 0.5) is 0 Å². The number of hydrogen-bond acceptors (Lipinski definition) is 2. The first-order chi connectivity index (χ1) is 7.84. The van der Waals surface area contributed by atoms with Gasteiger partial charge in [-0.3, -0.25) is 4.79 Å². The average molecular weight is 216 g/mol. The highest BCUT2D eigenvalue weighted by Gasteiger charge is 2.23. The van der Waals surface area contributed by atoms with Gasteiger partial charge in [0, 0.05) is 31.4 Å². The van der Waals surface area contributed by atoms with Gasteiger partial charge in [0.2, 0.25) is 0 Å². The minimum absolute atomic E-state index is 0.0307. The summed E-state index contributed by atoms with van der Waals surface area (Å²) < 4.78 is 5.12. The first kappa shape index (κ1) is 9.27. The second kappa shape index (κ2) is 3.56. The highest BCUT2D eigenvalue weighted by Crippen LogP contribution is 2.19. The van der Waals surface area contributed by atoms with E-state index in [1.165, 1.54) is 17.5 Å². The van der Waals surface area contributed by atoms with Crippen molar-refractivity contribution in [2.75, 3.05) is 6.54 Å². The van der Waals surface area contributed by atoms with Gasteiger partial charge in [-0.05, 0) is 23.8 Å². The van der Waals surface area contributed by atoms with Crippen LogP contribution in [0.15, 0.2) is 35.1 Å². The Morgan fingerprint density at radius 2 is 2.38 bits per heavy atom. The molecule has 82 valence electrons. The number of nitrogens with zero attached hydrogens (tertiary/aromatic N) is 1. The van der Waals surface area contributed by atoms with Crippen LogP contribution >= 0.6 is 0 Å². The fourth-order valence-electron chi connectivity index (χ4n) is 2.08. The van der Waals surface area contributed by atoms with E-state index in [4.69, 9.17) is 4.42 Å². The summed E-state index contributed by atoms with van der Waals surface area (Å²) in [7, 11) is 0. The van der Waals surface area contributed by atoms with Crippen LogP contribution in [-0.4, -0.2) is 22.3 Å². The quantitative estimate of drug-likeness (QED) is 0.790. The predicted octanol–water partition coefficient (Wildman–Crippen LogP) is 1.81. The Balaban J connectivity index is 1.81. The van der Waals surface area contributed by atoms with Crippen molar-refractivity contribution in [1.29, 1.82) is 0 Å². The van der Waals surface area contributed by atoms with Crippen LogP contribution in [0.3, 0.4) is 0 Å². The van der Waals surface area contributed by atoms with Crippen molar-refractivity contribution in [3.8, 4) is 0 Å². The topological polar surface area (TPSA) is 49.2 Å². The Morgan fingerprint density at radius 3 is 3.19 bits per heavy atom. The van der Waals surface area contributed by atoms with E-state index in [1.807, 2.05) is 17.2 Å². The molecule has 0 spiro atoms. The van der Waals surface area contributed by atoms with Crippen LogP contribution in [0.5, 0.6) is 0 Å². The third-order valence-electron chi connectivity index (χ3n) is 2.94. The minimum atomic E-state index is -0.0307. The van der Waals surface area contributed by atoms with E-state index in [9.17, 15) is 4.79 Å². The number of amides is 1. The summed E-state index contributed by atoms with van der Waals surface area (Å²) in [6.07, 6.45) is 4.33. The molecule has 2 aromatic rings. The Bertz CT molecular complexity index is 499. The molecule has 16 heavy (non-hydrogen) atoms. The number of carbonyl (C=O) groups excluding carboxylic acids is 1. The molecule has 0 fully saturated rings. The zero-order valence-corrected chi connectivity index (χ0v) is 8.77. The molecular formula is C12H12N2O2. The molecule has 0 atom stereocenters. The van der Waals surface area contributed by atoms with Gasteiger partial charge in [-0.15, -0.1) is 0 Å². The Morgan fingerprint density at radius 1 is 1.44 bits per heavy atom. The van der Waals surface area contributed by atoms with E-state index in [-0.39, 0.29) is 5.91 Å². The zero-order chi connectivity index (χ0) is 11.0. The molecule has 0 unspecified atom stereocenters. The highest BCUT2D eigenvalue weighted by molar-refractivity contribution is 5.91. The molecule has 0 bridgehead atoms. The lowest BCUT2D eigenvalue weighted by molar-refractivity contribution is 0.0702. The number of fused-ring (bicyclic) bond motifs is 1. The molecule has 1 aliphatic rings. The standard InChI is InChI=1S/C12H12N2O2/c15-12(11-2-1-7-16-11)14-6-4-10-9(8-14)3-5-13-10/h1-3,5,7,13H,4,6,8H2. The normalized spacial score (nSPS) is 14.9. The number of hydrogen-bond donors (Lipinski definition) is 1. The largest absolute Gasteiger partial charge is 0.459 e. The summed E-state index contributed by atoms with van der Waals surface area (Å²) in [5.41, 5.74) is 2.44. The summed E-state index contributed by atoms with van der Waals surface area (Å²) in [4.78, 5) is 17.0. The number of aromatic nitrogens is 1. The number of H-pyrrole nitrogens is 1. The minimum Gasteiger partial charge on any atom is -0.459 e. The lowest BCUT2D eigenvalue weighted by atomic mass is 10.1. The third-order valence-corrected chi connectivity index (χ3v) is 2.94. The van der Waals surface area contributed by atoms with Crippen molar-refractivity contribution in [3.05, 3.63) is 47.7 Å². The van der Waals surface area contributed by atoms with Crippen molar-refractivity contribution in [3.63, 3.8) is 0 Å². The monoisotopic (exact) mass is 216 g/mol. The van der Waals surface area contributed by atoms with E-state index in [0.717, 1.165) is 13.0 Å². The number of nitrogens with one attached hydrogen (secondary N) is 1. The van der Waals surface area contributed by atoms with Gasteiger partial charge in [0.25, 0.3) is 5.91 Å². The Hall–Kier alpha value is -1.97. The summed E-state index contributed by atoms with van der Waals surface area (Å²) in [5.74, 6) is 0.385. The molecule has 0 saturated heterocycles. The van der Waals surface area contributed by atoms with Gasteiger partial charge in [-0.2, -0.15) is 0 Å². The first-order valence-electron chi connectivity index (χ1n) is 5.32. The predicted molar refractivity (Wildman–Crippen MR) is 57.9 cm³/mol. The van der Waals surface area contributed by atoms with E-state index in [0.29, 0.717) is 12.3 Å². The Kier molecular flexibility index (Phi) is 2.06. The van der Waals surface area contributed by atoms with Crippen molar-refractivity contribution in [2.24, 2.45) is 0 Å². The summed E-state index contributed by atoms with van der Waals surface area (Å²) in [5, 5.41) is 0. The van der Waals surface area contributed by atoms with Crippen LogP contribution in [0.2, 0.25) is 0 Å². The van der Waals surface area contributed by atoms with Gasteiger partial charge in [-0.1, -0.05) is 0 Å². The van der Waals surface area contributed by atoms with E-state index < -0.39 is 0 Å². The van der Waals surface area contributed by atoms with Crippen molar-refractivity contribution in [1.82, 2.24) is 9.88 Å². The van der Waals surface area contributed by atoms with Crippen LogP contribution in [0.25, 0.3) is 0 Å². The van der Waals surface area contributed by atoms with Crippen molar-refractivity contribution in [2.45, 2.75) is 13.0 Å². The molecule has 0 aromatic carbocycles. The molecule has 4 nitrogen and oxygen atoms in total. The van der Waals surface area contributed by atoms with Crippen LogP contribution in [-0.2, 0) is 13.0 Å². The van der Waals surface area contributed by atoms with Gasteiger partial charge < -0.3 is 14.3 Å². The summed E-state index contributed by atoms with van der Waals surface area (Å²) >= 11 is 0. The number of carbonyl (C=O) groups is 1. The third kappa shape index (κ3) is 1.43. The van der Waals surface area contributed by atoms with Gasteiger partial charge in [0.05, 0.1) is 6.26 Å². The van der Waals surface area contributed by atoms with Gasteiger partial charge in [-0.25, -0.2) is 0 Å². The molecule has 0 aliphatic carbocycles. The van der Waals surface area contributed by atoms with E-state index in [2.05, 4.69) is 4.98 Å². The fraction of sp³-hybridized carbons (Fsp3) is 0.250. The molecule has 2 aromatic heterocycles. The zero-order valence-electron chi connectivity index (χ0n) is 8.77. The van der Waals surface area contributed by atoms with Crippen LogP contribution in [0, 0.1) is 0 Å². The maximum atomic E-state index is 12.0. The van der Waals surface area contributed by atoms with Gasteiger partial charge >= 0.3 is 0 Å². The molecule has 3 rings (SSSR count). The number of rotatable bonds is 1. The van der Waals surface area contributed by atoms with Gasteiger partial charge in [0.15, 0.2) is 5.76 Å². The fourth-order valence-corrected chi connectivity index (χ4v) is 2.08. The molecule has 1 amide bonds. The Labute approximate surface area is 92.9 Å². The van der Waals surface area contributed by atoms with Gasteiger partial charge in [0.1, 0.15) is 0 Å². The molecule has 3 heterocycles. The lowest BCUT2D eigenvalue weighted by Crippen LogP contribution is -2.35. The average Bonchev–Trinajstić information content (AvgIpc) is 2.98. The molecule has 0 radical (unpaired) electrons. The van der Waals surface area contributed by atoms with Crippen LogP contribution < -0.4 is 0 Å². The second-order valence-electron chi connectivity index (χ2n) is 3.94. The SMILES string of the molecule is O=C(c1ccco1)N1CCc2[nH]ccc2C1. The van der Waals surface area contributed by atoms with E-state index in [1.54, 1.807) is 12.1 Å². The maximum absolute atomic E-state index is 12.0. The smallest absolute Gasteiger partial charge is 0.289 e. The molecular weight excluding hydrogens is 204 g/mol. The number of aromatic amines is 1. The molecule has 1 aliphatic heterocycles. The van der Waals surface area contributed by atoms with Crippen molar-refractivity contribution >= 4 is 5.91 Å². The van der Waals surface area contributed by atoms with Crippen molar-refractivity contribution < 1.29 is 9.21 Å². The first-order valence-corrected chi connectivity index (χ1v) is 5.32. The lowest BCUT2D eigenvalue weighted by Gasteiger charge is -2.26. The molecule has 0 saturated carbocycles. The van der Waals surface area contributed by atoms with Crippen LogP contribution in [0.1, 0.15) is 21.8 Å². The second-order valence-corrected chi connectivity index (χ2v) is 3.94. The molecule has 4 heteroatoms. The molecule has 1 N–H and O–H groups in total.